The molecule has 2 atom stereocenters. The number of ether oxygens (including phenoxy) is 2. The number of fused-ring (bicyclic) bond motifs is 1. The molecule has 8 rings (SSSR count). The molecule has 0 spiro atoms. The van der Waals surface area contributed by atoms with Crippen molar-refractivity contribution in [2.24, 2.45) is 5.92 Å². The molecule has 6 N–H and O–H groups in total. The second kappa shape index (κ2) is 24.5. The van der Waals surface area contributed by atoms with Crippen molar-refractivity contribution < 1.29 is 39.2 Å². The summed E-state index contributed by atoms with van der Waals surface area (Å²) >= 11 is 0. The number of piperidine rings is 1. The number of H-pyrrole nitrogens is 1. The first-order chi connectivity index (χ1) is 35.0. The Morgan fingerprint density at radius 3 is 2.17 bits per heavy atom. The van der Waals surface area contributed by atoms with Gasteiger partial charge < -0.3 is 45.3 Å². The number of aliphatic hydroxyl groups is 2. The molecular weight excluding hydrogens is 911 g/mol. The Morgan fingerprint density at radius 1 is 0.764 bits per heavy atom. The number of phenolic OH excluding ortho intramolecular Hbond substituents is 1. The Bertz CT molecular complexity index is 2950. The van der Waals surface area contributed by atoms with Crippen LogP contribution in [-0.4, -0.2) is 100 Å². The molecule has 0 radical (unpaired) electrons. The quantitative estimate of drug-likeness (QED) is 0.0316. The second-order valence-electron chi connectivity index (χ2n) is 18.2. The summed E-state index contributed by atoms with van der Waals surface area (Å²) in [4.78, 5) is 59.6. The van der Waals surface area contributed by atoms with Crippen LogP contribution in [0.15, 0.2) is 169 Å². The fourth-order valence-electron chi connectivity index (χ4n) is 9.04. The van der Waals surface area contributed by atoms with E-state index >= 15 is 0 Å². The maximum absolute atomic E-state index is 14.0. The third-order valence-electron chi connectivity index (χ3n) is 13.2. The monoisotopic (exact) mass is 971 g/mol. The van der Waals surface area contributed by atoms with E-state index in [2.05, 4.69) is 32.7 Å². The molecule has 0 bridgehead atoms. The summed E-state index contributed by atoms with van der Waals surface area (Å²) in [7, 11) is 0. The van der Waals surface area contributed by atoms with Crippen molar-refractivity contribution in [3.63, 3.8) is 0 Å². The van der Waals surface area contributed by atoms with Crippen LogP contribution in [0.1, 0.15) is 62.7 Å². The number of benzene rings is 6. The lowest BCUT2D eigenvalue weighted by Crippen LogP contribution is -2.41. The Kier molecular flexibility index (Phi) is 17.3. The zero-order chi connectivity index (χ0) is 50.3. The second-order valence-corrected chi connectivity index (χ2v) is 18.2. The standard InChI is InChI=1S/C58H61N5O9/c64-51-25-23-49(50-24-26-53(66)61-55(50)51)52(65)36-59-30-27-41-19-21-45(22-20-41)56(68)60-31-34-63(38-43-13-6-2-7-14-43)54(67)40-71-48-18-10-17-47(35-48)58(70,46-15-8-3-9-16-46)57(69)72-39-44-28-32-62(33-29-44)37-42-11-4-1-5-12-42/h1-26,35,44,52,59,64-65,70H,27-34,36-40H2,(H,60,68)(H,61,66)/t52-,58?/m0/s1. The highest BCUT2D eigenvalue weighted by molar-refractivity contribution is 5.94. The van der Waals surface area contributed by atoms with Crippen molar-refractivity contribution in [3.8, 4) is 11.5 Å². The predicted molar refractivity (Wildman–Crippen MR) is 275 cm³/mol. The number of aromatic hydroxyl groups is 1. The zero-order valence-corrected chi connectivity index (χ0v) is 40.1. The molecule has 1 aliphatic heterocycles. The number of carbonyl (C=O) groups is 3. The predicted octanol–water partition coefficient (Wildman–Crippen LogP) is 6.63. The molecule has 14 heteroatoms. The van der Waals surface area contributed by atoms with Gasteiger partial charge in [-0.15, -0.1) is 0 Å². The molecule has 1 aliphatic rings. The summed E-state index contributed by atoms with van der Waals surface area (Å²) < 4.78 is 12.0. The Labute approximate surface area is 418 Å². The third kappa shape index (κ3) is 13.2. The third-order valence-corrected chi connectivity index (χ3v) is 13.2. The average Bonchev–Trinajstić information content (AvgIpc) is 3.41. The lowest BCUT2D eigenvalue weighted by molar-refractivity contribution is -0.164. The highest BCUT2D eigenvalue weighted by atomic mass is 16.6. The molecule has 7 aromatic rings. The number of hydrogen-bond donors (Lipinski definition) is 6. The largest absolute Gasteiger partial charge is 0.506 e. The van der Waals surface area contributed by atoms with E-state index < -0.39 is 17.7 Å². The Balaban J connectivity index is 0.830. The minimum atomic E-state index is -2.14. The van der Waals surface area contributed by atoms with Crippen LogP contribution in [0.5, 0.6) is 11.5 Å². The van der Waals surface area contributed by atoms with E-state index in [1.54, 1.807) is 77.7 Å². The van der Waals surface area contributed by atoms with Crippen molar-refractivity contribution in [1.82, 2.24) is 25.4 Å². The maximum Gasteiger partial charge on any atom is 0.347 e. The van der Waals surface area contributed by atoms with Crippen LogP contribution in [0.4, 0.5) is 0 Å². The first kappa shape index (κ1) is 50.8. The summed E-state index contributed by atoms with van der Waals surface area (Å²) in [6, 6.07) is 48.3. The molecule has 1 saturated heterocycles. The smallest absolute Gasteiger partial charge is 0.347 e. The molecular formula is C58H61N5O9. The number of phenols is 1. The van der Waals surface area contributed by atoms with E-state index in [1.165, 1.54) is 17.7 Å². The summed E-state index contributed by atoms with van der Waals surface area (Å²) in [5.74, 6) is -1.04. The number of amides is 2. The molecule has 0 aliphatic carbocycles. The molecule has 1 fully saturated rings. The van der Waals surface area contributed by atoms with Crippen molar-refractivity contribution in [3.05, 3.63) is 213 Å². The molecule has 14 nitrogen and oxygen atoms in total. The minimum absolute atomic E-state index is 0.0696. The molecule has 72 heavy (non-hydrogen) atoms. The summed E-state index contributed by atoms with van der Waals surface area (Å²) in [5, 5.41) is 40.1. The molecule has 372 valence electrons. The van der Waals surface area contributed by atoms with Crippen LogP contribution in [0.3, 0.4) is 0 Å². The van der Waals surface area contributed by atoms with E-state index in [1.807, 2.05) is 66.7 Å². The molecule has 6 aromatic carbocycles. The van der Waals surface area contributed by atoms with Gasteiger partial charge in [-0.3, -0.25) is 19.3 Å². The molecule has 1 aromatic heterocycles. The van der Waals surface area contributed by atoms with Gasteiger partial charge in [-0.05, 0) is 109 Å². The zero-order valence-electron chi connectivity index (χ0n) is 40.1. The van der Waals surface area contributed by atoms with Gasteiger partial charge in [-0.25, -0.2) is 4.79 Å². The number of esters is 1. The number of carbonyl (C=O) groups excluding carboxylic acids is 3. The van der Waals surface area contributed by atoms with Crippen LogP contribution in [0.2, 0.25) is 0 Å². The van der Waals surface area contributed by atoms with E-state index in [-0.39, 0.29) is 85.3 Å². The van der Waals surface area contributed by atoms with Crippen molar-refractivity contribution in [1.29, 1.82) is 0 Å². The fourth-order valence-corrected chi connectivity index (χ4v) is 9.04. The topological polar surface area (TPSA) is 194 Å². The summed E-state index contributed by atoms with van der Waals surface area (Å²) in [6.45, 7) is 3.93. The highest BCUT2D eigenvalue weighted by Gasteiger charge is 2.42. The summed E-state index contributed by atoms with van der Waals surface area (Å²) in [5.41, 5.74) is 2.56. The van der Waals surface area contributed by atoms with E-state index in [0.29, 0.717) is 35.0 Å². The highest BCUT2D eigenvalue weighted by Crippen LogP contribution is 2.34. The van der Waals surface area contributed by atoms with Crippen molar-refractivity contribution >= 4 is 28.7 Å². The number of nitrogens with zero attached hydrogens (tertiary/aromatic N) is 2. The average molecular weight is 972 g/mol. The first-order valence-electron chi connectivity index (χ1n) is 24.4. The fraction of sp³-hybridized carbons (Fsp3) is 0.276. The number of aromatic amines is 1. The SMILES string of the molecule is O=C(NCCN(Cc1ccccc1)C(=O)COc1cccc(C(O)(C(=O)OCC2CCN(Cc3ccccc3)CC2)c2ccccc2)c1)c1ccc(CCNC[C@H](O)c2ccc(O)c3[nH]c(=O)ccc23)cc1. The first-order valence-corrected chi connectivity index (χ1v) is 24.4. The number of rotatable bonds is 22. The van der Waals surface area contributed by atoms with Gasteiger partial charge in [-0.2, -0.15) is 0 Å². The molecule has 1 unspecified atom stereocenters. The lowest BCUT2D eigenvalue weighted by Gasteiger charge is -2.33. The number of likely N-dealkylation sites (tertiary alicyclic amines) is 1. The molecule has 2 heterocycles. The van der Waals surface area contributed by atoms with Crippen molar-refractivity contribution in [2.45, 2.75) is 44.1 Å². The van der Waals surface area contributed by atoms with Gasteiger partial charge in [0.05, 0.1) is 18.2 Å². The van der Waals surface area contributed by atoms with E-state index in [4.69, 9.17) is 9.47 Å². The van der Waals surface area contributed by atoms with Gasteiger partial charge in [0.25, 0.3) is 11.8 Å². The van der Waals surface area contributed by atoms with Gasteiger partial charge in [0, 0.05) is 55.3 Å². The Morgan fingerprint density at radius 2 is 1.44 bits per heavy atom. The Hall–Kier alpha value is -7.62. The number of nitrogens with one attached hydrogen (secondary N) is 3. The van der Waals surface area contributed by atoms with Gasteiger partial charge >= 0.3 is 5.97 Å². The number of aliphatic hydroxyl groups excluding tert-OH is 1. The van der Waals surface area contributed by atoms with Gasteiger partial charge in [0.15, 0.2) is 6.61 Å². The minimum Gasteiger partial charge on any atom is -0.506 e. The normalized spacial score (nSPS) is 14.2. The van der Waals surface area contributed by atoms with Gasteiger partial charge in [0.1, 0.15) is 11.5 Å². The number of aromatic nitrogens is 1. The van der Waals surface area contributed by atoms with Crippen molar-refractivity contribution in [2.75, 3.05) is 52.5 Å². The lowest BCUT2D eigenvalue weighted by atomic mass is 9.86. The number of hydrogen-bond acceptors (Lipinski definition) is 11. The maximum atomic E-state index is 14.0. The van der Waals surface area contributed by atoms with Crippen LogP contribution < -0.4 is 20.9 Å². The van der Waals surface area contributed by atoms with Crippen LogP contribution >= 0.6 is 0 Å². The van der Waals surface area contributed by atoms with E-state index in [9.17, 15) is 34.5 Å². The van der Waals surface area contributed by atoms with Crippen LogP contribution in [-0.2, 0) is 39.4 Å². The molecule has 0 saturated carbocycles. The summed E-state index contributed by atoms with van der Waals surface area (Å²) in [6.07, 6.45) is 1.50. The van der Waals surface area contributed by atoms with E-state index in [0.717, 1.165) is 43.6 Å². The van der Waals surface area contributed by atoms with Gasteiger partial charge in [-0.1, -0.05) is 121 Å². The van der Waals surface area contributed by atoms with Gasteiger partial charge in [0.2, 0.25) is 11.2 Å². The number of pyridine rings is 1. The van der Waals surface area contributed by atoms with Crippen LogP contribution in [0.25, 0.3) is 10.9 Å². The van der Waals surface area contributed by atoms with Crippen LogP contribution in [0, 0.1) is 5.92 Å². The molecule has 2 amide bonds.